The molecule has 110 valence electrons. The van der Waals surface area contributed by atoms with Gasteiger partial charge in [-0.1, -0.05) is 19.3 Å². The lowest BCUT2D eigenvalue weighted by atomic mass is 9.98. The number of carbonyl (C=O) groups is 1. The van der Waals surface area contributed by atoms with E-state index in [9.17, 15) is 4.79 Å². The van der Waals surface area contributed by atoms with Crippen LogP contribution in [0.3, 0.4) is 0 Å². The Bertz CT molecular complexity index is 411. The molecule has 1 fully saturated rings. The summed E-state index contributed by atoms with van der Waals surface area (Å²) in [6, 6.07) is 7.44. The molecule has 1 amide bonds. The molecule has 1 saturated carbocycles. The summed E-state index contributed by atoms with van der Waals surface area (Å²) < 4.78 is 5.78. The van der Waals surface area contributed by atoms with Crippen LogP contribution in [0.1, 0.15) is 42.5 Å². The predicted octanol–water partition coefficient (Wildman–Crippen LogP) is 2.81. The third-order valence-corrected chi connectivity index (χ3v) is 3.73. The van der Waals surface area contributed by atoms with Gasteiger partial charge in [0.25, 0.3) is 5.91 Å². The van der Waals surface area contributed by atoms with Crippen LogP contribution < -0.4 is 10.6 Å². The standard InChI is InChI=1S/C16H24N2O2/c1-17-14-9-7-13(8-10-14)16(19)18-11-12-20-15-5-3-2-4-6-15/h7-10,15,17H,2-6,11-12H2,1H3,(H,18,19). The van der Waals surface area contributed by atoms with Crippen LogP contribution in [-0.2, 0) is 4.74 Å². The van der Waals surface area contributed by atoms with Crippen LogP contribution >= 0.6 is 0 Å². The lowest BCUT2D eigenvalue weighted by Crippen LogP contribution is -2.29. The van der Waals surface area contributed by atoms with E-state index < -0.39 is 0 Å². The van der Waals surface area contributed by atoms with Gasteiger partial charge in [0, 0.05) is 24.8 Å². The Kier molecular flexibility index (Phi) is 5.87. The topological polar surface area (TPSA) is 50.4 Å². The van der Waals surface area contributed by atoms with Crippen molar-refractivity contribution in [3.8, 4) is 0 Å². The van der Waals surface area contributed by atoms with Gasteiger partial charge >= 0.3 is 0 Å². The van der Waals surface area contributed by atoms with E-state index in [0.717, 1.165) is 5.69 Å². The third kappa shape index (κ3) is 4.53. The van der Waals surface area contributed by atoms with Crippen molar-refractivity contribution in [2.45, 2.75) is 38.2 Å². The number of benzene rings is 1. The first-order valence-electron chi connectivity index (χ1n) is 7.47. The number of nitrogens with one attached hydrogen (secondary N) is 2. The molecule has 0 bridgehead atoms. The van der Waals surface area contributed by atoms with Crippen molar-refractivity contribution < 1.29 is 9.53 Å². The smallest absolute Gasteiger partial charge is 0.251 e. The van der Waals surface area contributed by atoms with Crippen LogP contribution in [0.15, 0.2) is 24.3 Å². The summed E-state index contributed by atoms with van der Waals surface area (Å²) in [5.41, 5.74) is 1.68. The maximum atomic E-state index is 11.9. The first kappa shape index (κ1) is 14.9. The fraction of sp³-hybridized carbons (Fsp3) is 0.562. The molecule has 0 atom stereocenters. The van der Waals surface area contributed by atoms with Gasteiger partial charge in [-0.25, -0.2) is 0 Å². The average molecular weight is 276 g/mol. The third-order valence-electron chi connectivity index (χ3n) is 3.73. The van der Waals surface area contributed by atoms with Crippen molar-refractivity contribution in [2.24, 2.45) is 0 Å². The molecule has 0 unspecified atom stereocenters. The second kappa shape index (κ2) is 7.90. The minimum Gasteiger partial charge on any atom is -0.388 e. The number of carbonyl (C=O) groups excluding carboxylic acids is 1. The van der Waals surface area contributed by atoms with Crippen molar-refractivity contribution in [1.29, 1.82) is 0 Å². The van der Waals surface area contributed by atoms with Crippen LogP contribution in [0.2, 0.25) is 0 Å². The van der Waals surface area contributed by atoms with Crippen molar-refractivity contribution >= 4 is 11.6 Å². The van der Waals surface area contributed by atoms with Gasteiger partial charge in [-0.2, -0.15) is 0 Å². The highest BCUT2D eigenvalue weighted by Crippen LogP contribution is 2.19. The van der Waals surface area contributed by atoms with Crippen molar-refractivity contribution in [2.75, 3.05) is 25.5 Å². The van der Waals surface area contributed by atoms with Gasteiger partial charge < -0.3 is 15.4 Å². The van der Waals surface area contributed by atoms with Crippen LogP contribution in [0.25, 0.3) is 0 Å². The zero-order valence-corrected chi connectivity index (χ0v) is 12.2. The largest absolute Gasteiger partial charge is 0.388 e. The molecule has 1 aromatic carbocycles. The van der Waals surface area contributed by atoms with E-state index in [4.69, 9.17) is 4.74 Å². The Morgan fingerprint density at radius 3 is 2.55 bits per heavy atom. The normalized spacial score (nSPS) is 15.8. The molecule has 2 rings (SSSR count). The van der Waals surface area contributed by atoms with Crippen LogP contribution in [0.5, 0.6) is 0 Å². The van der Waals surface area contributed by atoms with E-state index in [0.29, 0.717) is 24.8 Å². The highest BCUT2D eigenvalue weighted by molar-refractivity contribution is 5.94. The molecule has 0 heterocycles. The van der Waals surface area contributed by atoms with Crippen LogP contribution in [0.4, 0.5) is 5.69 Å². The minimum absolute atomic E-state index is 0.0418. The second-order valence-electron chi connectivity index (χ2n) is 5.21. The first-order valence-corrected chi connectivity index (χ1v) is 7.47. The van der Waals surface area contributed by atoms with Crippen molar-refractivity contribution in [1.82, 2.24) is 5.32 Å². The van der Waals surface area contributed by atoms with Crippen LogP contribution in [0, 0.1) is 0 Å². The van der Waals surface area contributed by atoms with E-state index in [1.807, 2.05) is 31.3 Å². The van der Waals surface area contributed by atoms with E-state index in [1.165, 1.54) is 32.1 Å². The van der Waals surface area contributed by atoms with Gasteiger partial charge in [-0.3, -0.25) is 4.79 Å². The molecule has 4 heteroatoms. The number of amides is 1. The lowest BCUT2D eigenvalue weighted by Gasteiger charge is -2.22. The maximum absolute atomic E-state index is 11.9. The zero-order valence-electron chi connectivity index (χ0n) is 12.2. The second-order valence-corrected chi connectivity index (χ2v) is 5.21. The molecule has 0 spiro atoms. The maximum Gasteiger partial charge on any atom is 0.251 e. The predicted molar refractivity (Wildman–Crippen MR) is 81.1 cm³/mol. The highest BCUT2D eigenvalue weighted by atomic mass is 16.5. The monoisotopic (exact) mass is 276 g/mol. The molecule has 0 saturated heterocycles. The van der Waals surface area contributed by atoms with E-state index in [-0.39, 0.29) is 5.91 Å². The zero-order chi connectivity index (χ0) is 14.2. The molecule has 4 nitrogen and oxygen atoms in total. The van der Waals surface area contributed by atoms with Crippen molar-refractivity contribution in [3.05, 3.63) is 29.8 Å². The number of ether oxygens (including phenoxy) is 1. The molecule has 0 aliphatic heterocycles. The molecule has 1 aliphatic rings. The van der Waals surface area contributed by atoms with Crippen LogP contribution in [-0.4, -0.2) is 32.2 Å². The summed E-state index contributed by atoms with van der Waals surface area (Å²) in [6.07, 6.45) is 6.61. The summed E-state index contributed by atoms with van der Waals surface area (Å²) in [5, 5.41) is 5.92. The van der Waals surface area contributed by atoms with Gasteiger partial charge in [-0.15, -0.1) is 0 Å². The first-order chi connectivity index (χ1) is 9.79. The van der Waals surface area contributed by atoms with Gasteiger partial charge in [0.15, 0.2) is 0 Å². The number of hydrogen-bond acceptors (Lipinski definition) is 3. The molecule has 2 N–H and O–H groups in total. The Morgan fingerprint density at radius 2 is 1.90 bits per heavy atom. The quantitative estimate of drug-likeness (QED) is 0.786. The van der Waals surface area contributed by atoms with E-state index >= 15 is 0 Å². The Morgan fingerprint density at radius 1 is 1.20 bits per heavy atom. The Balaban J connectivity index is 1.66. The lowest BCUT2D eigenvalue weighted by molar-refractivity contribution is 0.0299. The van der Waals surface area contributed by atoms with E-state index in [1.54, 1.807) is 0 Å². The molecule has 0 aromatic heterocycles. The average Bonchev–Trinajstić information content (AvgIpc) is 2.52. The molecular formula is C16H24N2O2. The van der Waals surface area contributed by atoms with Gasteiger partial charge in [0.1, 0.15) is 0 Å². The highest BCUT2D eigenvalue weighted by Gasteiger charge is 2.13. The van der Waals surface area contributed by atoms with Gasteiger partial charge in [0.2, 0.25) is 0 Å². The Labute approximate surface area is 120 Å². The number of anilines is 1. The SMILES string of the molecule is CNc1ccc(C(=O)NCCOC2CCCCC2)cc1. The van der Waals surface area contributed by atoms with Crippen molar-refractivity contribution in [3.63, 3.8) is 0 Å². The summed E-state index contributed by atoms with van der Waals surface area (Å²) in [7, 11) is 1.86. The van der Waals surface area contributed by atoms with Gasteiger partial charge in [-0.05, 0) is 37.1 Å². The minimum atomic E-state index is -0.0418. The fourth-order valence-electron chi connectivity index (χ4n) is 2.51. The summed E-state index contributed by atoms with van der Waals surface area (Å²) in [4.78, 5) is 11.9. The number of hydrogen-bond donors (Lipinski definition) is 2. The Hall–Kier alpha value is -1.55. The van der Waals surface area contributed by atoms with Gasteiger partial charge in [0.05, 0.1) is 12.7 Å². The summed E-state index contributed by atoms with van der Waals surface area (Å²) in [6.45, 7) is 1.17. The molecule has 20 heavy (non-hydrogen) atoms. The molecular weight excluding hydrogens is 252 g/mol. The summed E-state index contributed by atoms with van der Waals surface area (Å²) >= 11 is 0. The fourth-order valence-corrected chi connectivity index (χ4v) is 2.51. The molecule has 1 aromatic rings. The molecule has 0 radical (unpaired) electrons. The number of rotatable bonds is 6. The molecule has 1 aliphatic carbocycles. The summed E-state index contributed by atoms with van der Waals surface area (Å²) in [5.74, 6) is -0.0418. The van der Waals surface area contributed by atoms with E-state index in [2.05, 4.69) is 10.6 Å².